The fraction of sp³-hybridized carbons (Fsp3) is 0.0833. The molecule has 0 atom stereocenters. The van der Waals surface area contributed by atoms with Gasteiger partial charge in [0.25, 0.3) is 11.8 Å². The van der Waals surface area contributed by atoms with Crippen LogP contribution in [0.4, 0.5) is 10.1 Å². The van der Waals surface area contributed by atoms with Crippen molar-refractivity contribution in [2.24, 2.45) is 0 Å². The zero-order valence-corrected chi connectivity index (χ0v) is 18.0. The molecule has 0 saturated heterocycles. The molecule has 1 aliphatic heterocycles. The molecule has 0 aromatic heterocycles. The molecular weight excluding hydrogens is 438 g/mol. The topological polar surface area (TPSA) is 40.6 Å². The molecule has 3 aromatic rings. The fourth-order valence-electron chi connectivity index (χ4n) is 3.53. The van der Waals surface area contributed by atoms with Gasteiger partial charge in [-0.1, -0.05) is 65.7 Å². The molecule has 156 valence electrons. The van der Waals surface area contributed by atoms with Gasteiger partial charge in [0.1, 0.15) is 11.5 Å². The third kappa shape index (κ3) is 3.94. The minimum atomic E-state index is -0.546. The lowest BCUT2D eigenvalue weighted by Crippen LogP contribution is -2.34. The van der Waals surface area contributed by atoms with Gasteiger partial charge in [-0.15, -0.1) is 0 Å². The van der Waals surface area contributed by atoms with Gasteiger partial charge in [0, 0.05) is 28.9 Å². The first-order chi connectivity index (χ1) is 14.9. The van der Waals surface area contributed by atoms with E-state index in [1.165, 1.54) is 12.1 Å². The summed E-state index contributed by atoms with van der Waals surface area (Å²) >= 11 is 12.4. The summed E-state index contributed by atoms with van der Waals surface area (Å²) in [6.45, 7) is -0.189. The number of halogens is 3. The number of nitrogens with zero attached hydrogens (tertiary/aromatic N) is 2. The molecule has 1 aliphatic rings. The van der Waals surface area contributed by atoms with E-state index in [1.54, 1.807) is 42.3 Å². The molecule has 4 rings (SSSR count). The van der Waals surface area contributed by atoms with Gasteiger partial charge in [-0.2, -0.15) is 0 Å². The van der Waals surface area contributed by atoms with Crippen LogP contribution in [0.25, 0.3) is 5.57 Å². The van der Waals surface area contributed by atoms with E-state index in [4.69, 9.17) is 23.2 Å². The monoisotopic (exact) mass is 454 g/mol. The Balaban J connectivity index is 1.84. The number of amides is 2. The molecule has 0 bridgehead atoms. The van der Waals surface area contributed by atoms with Gasteiger partial charge >= 0.3 is 0 Å². The molecule has 0 saturated carbocycles. The lowest BCUT2D eigenvalue weighted by molar-refractivity contribution is -0.137. The molecule has 0 aliphatic carbocycles. The molecular formula is C24H17Cl2FN2O2. The number of likely N-dealkylation sites (N-methyl/N-ethyl adjacent to an activating group) is 1. The highest BCUT2D eigenvalue weighted by atomic mass is 35.5. The Morgan fingerprint density at radius 1 is 0.903 bits per heavy atom. The second-order valence-electron chi connectivity index (χ2n) is 7.03. The minimum Gasteiger partial charge on any atom is -0.339 e. The quantitative estimate of drug-likeness (QED) is 0.474. The summed E-state index contributed by atoms with van der Waals surface area (Å²) < 4.78 is 14.2. The largest absolute Gasteiger partial charge is 0.339 e. The summed E-state index contributed by atoms with van der Waals surface area (Å²) in [4.78, 5) is 29.5. The van der Waals surface area contributed by atoms with Crippen LogP contribution in [0.5, 0.6) is 0 Å². The summed E-state index contributed by atoms with van der Waals surface area (Å²) in [7, 11) is 1.70. The van der Waals surface area contributed by atoms with Crippen LogP contribution in [0.15, 0.2) is 78.5 Å². The van der Waals surface area contributed by atoms with Crippen LogP contribution in [-0.2, 0) is 16.1 Å². The van der Waals surface area contributed by atoms with Gasteiger partial charge in [0.05, 0.1) is 17.1 Å². The third-order valence-corrected chi connectivity index (χ3v) is 5.66. The molecule has 0 spiro atoms. The van der Waals surface area contributed by atoms with Crippen LogP contribution in [0.3, 0.4) is 0 Å². The first kappa shape index (κ1) is 21.1. The number of benzene rings is 3. The maximum atomic E-state index is 14.2. The zero-order valence-electron chi connectivity index (χ0n) is 16.5. The number of carbonyl (C=O) groups is 2. The molecule has 0 N–H and O–H groups in total. The lowest BCUT2D eigenvalue weighted by atomic mass is 10.0. The molecule has 2 amide bonds. The van der Waals surface area contributed by atoms with E-state index in [0.29, 0.717) is 16.3 Å². The van der Waals surface area contributed by atoms with Crippen LogP contribution in [0, 0.1) is 5.82 Å². The smallest absolute Gasteiger partial charge is 0.278 e. The van der Waals surface area contributed by atoms with E-state index in [-0.39, 0.29) is 28.4 Å². The van der Waals surface area contributed by atoms with Crippen LogP contribution in [0.2, 0.25) is 10.0 Å². The number of hydrogen-bond donors (Lipinski definition) is 0. The lowest BCUT2D eigenvalue weighted by Gasteiger charge is -2.21. The summed E-state index contributed by atoms with van der Waals surface area (Å²) in [5.41, 5.74) is 1.66. The molecule has 4 nitrogen and oxygen atoms in total. The maximum absolute atomic E-state index is 14.2. The Bertz CT molecular complexity index is 1210. The second kappa shape index (κ2) is 8.53. The second-order valence-corrected chi connectivity index (χ2v) is 7.87. The Morgan fingerprint density at radius 3 is 2.26 bits per heavy atom. The average molecular weight is 455 g/mol. The van der Waals surface area contributed by atoms with E-state index >= 15 is 0 Å². The highest BCUT2D eigenvalue weighted by molar-refractivity contribution is 6.41. The van der Waals surface area contributed by atoms with E-state index in [0.717, 1.165) is 4.90 Å². The highest BCUT2D eigenvalue weighted by Gasteiger charge is 2.42. The first-order valence-corrected chi connectivity index (χ1v) is 10.2. The van der Waals surface area contributed by atoms with Crippen molar-refractivity contribution >= 4 is 46.3 Å². The number of imide groups is 1. The number of para-hydroxylation sites is 1. The molecule has 31 heavy (non-hydrogen) atoms. The van der Waals surface area contributed by atoms with E-state index in [1.807, 2.05) is 30.3 Å². The Labute approximate surface area is 189 Å². The van der Waals surface area contributed by atoms with E-state index in [9.17, 15) is 14.0 Å². The van der Waals surface area contributed by atoms with Gasteiger partial charge in [0.15, 0.2) is 0 Å². The predicted molar refractivity (Wildman–Crippen MR) is 120 cm³/mol. The summed E-state index contributed by atoms with van der Waals surface area (Å²) in [5, 5.41) is 0.655. The van der Waals surface area contributed by atoms with Crippen molar-refractivity contribution in [3.05, 3.63) is 105 Å². The van der Waals surface area contributed by atoms with Crippen LogP contribution in [-0.4, -0.2) is 23.8 Å². The molecule has 7 heteroatoms. The number of anilines is 1. The number of rotatable bonds is 5. The molecule has 0 fully saturated rings. The summed E-state index contributed by atoms with van der Waals surface area (Å²) in [6, 6.07) is 20.0. The SMILES string of the molecule is CN(C1=C(c2ccc(Cl)cc2Cl)C(=O)N(Cc2ccccc2F)C1=O)c1ccccc1. The summed E-state index contributed by atoms with van der Waals surface area (Å²) in [5.74, 6) is -1.56. The van der Waals surface area contributed by atoms with Crippen molar-refractivity contribution < 1.29 is 14.0 Å². The van der Waals surface area contributed by atoms with Crippen LogP contribution in [0.1, 0.15) is 11.1 Å². The molecule has 3 aromatic carbocycles. The fourth-order valence-corrected chi connectivity index (χ4v) is 4.03. The standard InChI is InChI=1S/C24H17Cl2FN2O2/c1-28(17-8-3-2-4-9-17)22-21(18-12-11-16(25)13-19(18)26)23(30)29(24(22)31)14-15-7-5-6-10-20(15)27/h2-13H,14H2,1H3. The highest BCUT2D eigenvalue weighted by Crippen LogP contribution is 2.37. The molecule has 1 heterocycles. The van der Waals surface area contributed by atoms with Crippen molar-refractivity contribution in [3.63, 3.8) is 0 Å². The van der Waals surface area contributed by atoms with Crippen molar-refractivity contribution in [1.29, 1.82) is 0 Å². The Kier molecular flexibility index (Phi) is 5.81. The van der Waals surface area contributed by atoms with Gasteiger partial charge in [-0.05, 0) is 30.3 Å². The maximum Gasteiger partial charge on any atom is 0.278 e. The minimum absolute atomic E-state index is 0.148. The number of hydrogen-bond acceptors (Lipinski definition) is 3. The average Bonchev–Trinajstić information content (AvgIpc) is 3.00. The third-order valence-electron chi connectivity index (χ3n) is 5.11. The van der Waals surface area contributed by atoms with Crippen molar-refractivity contribution in [1.82, 2.24) is 4.90 Å². The van der Waals surface area contributed by atoms with Crippen molar-refractivity contribution in [2.75, 3.05) is 11.9 Å². The Hall–Kier alpha value is -3.15. The summed E-state index contributed by atoms with van der Waals surface area (Å²) in [6.07, 6.45) is 0. The normalized spacial score (nSPS) is 13.9. The van der Waals surface area contributed by atoms with Crippen molar-refractivity contribution in [3.8, 4) is 0 Å². The van der Waals surface area contributed by atoms with Gasteiger partial charge in [-0.3, -0.25) is 14.5 Å². The first-order valence-electron chi connectivity index (χ1n) is 9.46. The zero-order chi connectivity index (χ0) is 22.1. The molecule has 0 unspecified atom stereocenters. The Morgan fingerprint density at radius 2 is 1.58 bits per heavy atom. The van der Waals surface area contributed by atoms with Gasteiger partial charge in [-0.25, -0.2) is 4.39 Å². The van der Waals surface area contributed by atoms with Gasteiger partial charge in [0.2, 0.25) is 0 Å². The van der Waals surface area contributed by atoms with Crippen molar-refractivity contribution in [2.45, 2.75) is 6.54 Å². The van der Waals surface area contributed by atoms with E-state index < -0.39 is 17.6 Å². The van der Waals surface area contributed by atoms with E-state index in [2.05, 4.69) is 0 Å². The molecule has 0 radical (unpaired) electrons. The van der Waals surface area contributed by atoms with Crippen LogP contribution < -0.4 is 4.90 Å². The van der Waals surface area contributed by atoms with Crippen LogP contribution >= 0.6 is 23.2 Å². The number of carbonyl (C=O) groups excluding carboxylic acids is 2. The predicted octanol–water partition coefficient (Wildman–Crippen LogP) is 5.55. The van der Waals surface area contributed by atoms with Gasteiger partial charge < -0.3 is 4.90 Å².